The third-order valence-electron chi connectivity index (χ3n) is 4.30. The van der Waals surface area contributed by atoms with Crippen molar-refractivity contribution in [1.82, 2.24) is 4.31 Å². The van der Waals surface area contributed by atoms with Crippen molar-refractivity contribution >= 4 is 10.0 Å². The van der Waals surface area contributed by atoms with Gasteiger partial charge in [0.15, 0.2) is 0 Å². The molecule has 0 aliphatic carbocycles. The molecule has 0 aromatic heterocycles. The smallest absolute Gasteiger partial charge is 0.243 e. The van der Waals surface area contributed by atoms with Gasteiger partial charge in [-0.05, 0) is 29.7 Å². The number of rotatable bonds is 5. The molecule has 2 aromatic rings. The molecular weight excluding hydrogens is 322 g/mol. The lowest BCUT2D eigenvalue weighted by molar-refractivity contribution is -0.00255. The van der Waals surface area contributed by atoms with Crippen LogP contribution in [-0.2, 0) is 21.2 Å². The van der Waals surface area contributed by atoms with Crippen molar-refractivity contribution in [1.29, 1.82) is 0 Å². The average Bonchev–Trinajstić information content (AvgIpc) is 2.63. The van der Waals surface area contributed by atoms with Crippen LogP contribution in [0.4, 0.5) is 0 Å². The van der Waals surface area contributed by atoms with Crippen molar-refractivity contribution in [2.75, 3.05) is 19.7 Å². The molecule has 1 atom stereocenters. The highest BCUT2D eigenvalue weighted by molar-refractivity contribution is 7.89. The third kappa shape index (κ3) is 3.69. The van der Waals surface area contributed by atoms with Gasteiger partial charge in [0.2, 0.25) is 10.0 Å². The second kappa shape index (κ2) is 7.47. The summed E-state index contributed by atoms with van der Waals surface area (Å²) in [4.78, 5) is 0.357. The minimum absolute atomic E-state index is 0.214. The molecule has 1 heterocycles. The molecule has 24 heavy (non-hydrogen) atoms. The Kier molecular flexibility index (Phi) is 5.33. The lowest BCUT2D eigenvalue weighted by Crippen LogP contribution is -2.42. The molecule has 0 N–H and O–H groups in total. The fourth-order valence-corrected chi connectivity index (χ4v) is 4.40. The van der Waals surface area contributed by atoms with E-state index in [0.717, 1.165) is 18.4 Å². The maximum absolute atomic E-state index is 12.9. The van der Waals surface area contributed by atoms with Crippen molar-refractivity contribution in [3.63, 3.8) is 0 Å². The number of benzene rings is 2. The van der Waals surface area contributed by atoms with Crippen molar-refractivity contribution in [3.8, 4) is 0 Å². The lowest BCUT2D eigenvalue weighted by Gasteiger charge is -2.32. The molecule has 3 rings (SSSR count). The average molecular weight is 345 g/mol. The van der Waals surface area contributed by atoms with E-state index < -0.39 is 10.0 Å². The molecule has 0 spiro atoms. The first-order valence-electron chi connectivity index (χ1n) is 8.37. The van der Waals surface area contributed by atoms with Gasteiger partial charge in [-0.3, -0.25) is 0 Å². The van der Waals surface area contributed by atoms with Crippen LogP contribution in [0.3, 0.4) is 0 Å². The zero-order valence-corrected chi connectivity index (χ0v) is 14.7. The minimum atomic E-state index is -3.48. The van der Waals surface area contributed by atoms with Gasteiger partial charge in [-0.2, -0.15) is 4.31 Å². The van der Waals surface area contributed by atoms with Gasteiger partial charge in [0.25, 0.3) is 0 Å². The van der Waals surface area contributed by atoms with Crippen LogP contribution in [0.1, 0.15) is 30.6 Å². The van der Waals surface area contributed by atoms with E-state index in [0.29, 0.717) is 24.6 Å². The molecule has 128 valence electrons. The molecule has 0 unspecified atom stereocenters. The number of sulfonamides is 1. The number of nitrogens with zero attached hydrogens (tertiary/aromatic N) is 1. The first-order chi connectivity index (χ1) is 11.6. The summed E-state index contributed by atoms with van der Waals surface area (Å²) >= 11 is 0. The van der Waals surface area contributed by atoms with Crippen LogP contribution < -0.4 is 0 Å². The summed E-state index contributed by atoms with van der Waals surface area (Å²) in [5.74, 6) is 0. The molecule has 0 bridgehead atoms. The maximum Gasteiger partial charge on any atom is 0.243 e. The van der Waals surface area contributed by atoms with Gasteiger partial charge in [0, 0.05) is 13.1 Å². The van der Waals surface area contributed by atoms with Crippen molar-refractivity contribution in [2.45, 2.75) is 30.8 Å². The number of hydrogen-bond donors (Lipinski definition) is 0. The SMILES string of the molecule is CCCc1ccc(S(=O)(=O)N2CCO[C@@H](c3ccccc3)C2)cc1. The summed E-state index contributed by atoms with van der Waals surface area (Å²) in [6, 6.07) is 17.0. The van der Waals surface area contributed by atoms with Crippen LogP contribution in [0.2, 0.25) is 0 Å². The molecule has 0 radical (unpaired) electrons. The molecular formula is C19H23NO3S. The molecule has 1 aliphatic heterocycles. The van der Waals surface area contributed by atoms with Crippen LogP contribution in [0.15, 0.2) is 59.5 Å². The standard InChI is InChI=1S/C19H23NO3S/c1-2-6-16-9-11-18(12-10-16)24(21,22)20-13-14-23-19(15-20)17-7-4-3-5-8-17/h3-5,7-12,19H,2,6,13-15H2,1H3/t19-/m1/s1. The van der Waals surface area contributed by atoms with Crippen molar-refractivity contribution in [2.24, 2.45) is 0 Å². The quantitative estimate of drug-likeness (QED) is 0.834. The molecule has 1 fully saturated rings. The van der Waals surface area contributed by atoms with Crippen LogP contribution in [0.25, 0.3) is 0 Å². The van der Waals surface area contributed by atoms with Crippen LogP contribution in [0, 0.1) is 0 Å². The first-order valence-corrected chi connectivity index (χ1v) is 9.81. The monoisotopic (exact) mass is 345 g/mol. The molecule has 1 saturated heterocycles. The van der Waals surface area contributed by atoms with Crippen LogP contribution in [0.5, 0.6) is 0 Å². The summed E-state index contributed by atoms with van der Waals surface area (Å²) in [6.45, 7) is 3.26. The molecule has 5 heteroatoms. The zero-order chi connectivity index (χ0) is 17.0. The second-order valence-corrected chi connectivity index (χ2v) is 7.97. The fourth-order valence-electron chi connectivity index (χ4n) is 2.98. The summed E-state index contributed by atoms with van der Waals surface area (Å²) in [7, 11) is -3.48. The normalized spacial score (nSPS) is 19.3. The van der Waals surface area contributed by atoms with E-state index in [9.17, 15) is 8.42 Å². The minimum Gasteiger partial charge on any atom is -0.371 e. The molecule has 4 nitrogen and oxygen atoms in total. The van der Waals surface area contributed by atoms with Gasteiger partial charge in [0.1, 0.15) is 0 Å². The van der Waals surface area contributed by atoms with Gasteiger partial charge in [0.05, 0.1) is 17.6 Å². The number of aryl methyl sites for hydroxylation is 1. The van der Waals surface area contributed by atoms with E-state index in [4.69, 9.17) is 4.74 Å². The molecule has 0 saturated carbocycles. The summed E-state index contributed by atoms with van der Waals surface area (Å²) in [6.07, 6.45) is 1.80. The van der Waals surface area contributed by atoms with Crippen LogP contribution in [-0.4, -0.2) is 32.4 Å². The van der Waals surface area contributed by atoms with E-state index >= 15 is 0 Å². The lowest BCUT2D eigenvalue weighted by atomic mass is 10.1. The molecule has 0 amide bonds. The Hall–Kier alpha value is -1.69. The topological polar surface area (TPSA) is 46.6 Å². The van der Waals surface area contributed by atoms with Gasteiger partial charge in [-0.1, -0.05) is 55.8 Å². The number of hydrogen-bond acceptors (Lipinski definition) is 3. The number of ether oxygens (including phenoxy) is 1. The van der Waals surface area contributed by atoms with Gasteiger partial charge < -0.3 is 4.74 Å². The van der Waals surface area contributed by atoms with E-state index in [2.05, 4.69) is 6.92 Å². The van der Waals surface area contributed by atoms with E-state index in [1.165, 1.54) is 9.87 Å². The summed E-state index contributed by atoms with van der Waals surface area (Å²) < 4.78 is 33.1. The Morgan fingerprint density at radius 3 is 2.46 bits per heavy atom. The first kappa shape index (κ1) is 17.1. The fraction of sp³-hybridized carbons (Fsp3) is 0.368. The Bertz CT molecular complexity index is 757. The highest BCUT2D eigenvalue weighted by Crippen LogP contribution is 2.26. The Morgan fingerprint density at radius 1 is 1.08 bits per heavy atom. The van der Waals surface area contributed by atoms with E-state index in [1.807, 2.05) is 42.5 Å². The van der Waals surface area contributed by atoms with Gasteiger partial charge in [-0.15, -0.1) is 0 Å². The maximum atomic E-state index is 12.9. The predicted molar refractivity (Wildman–Crippen MR) is 94.3 cm³/mol. The summed E-state index contributed by atoms with van der Waals surface area (Å²) in [5.41, 5.74) is 2.18. The van der Waals surface area contributed by atoms with Crippen molar-refractivity contribution in [3.05, 3.63) is 65.7 Å². The highest BCUT2D eigenvalue weighted by Gasteiger charge is 2.31. The van der Waals surface area contributed by atoms with Gasteiger partial charge >= 0.3 is 0 Å². The zero-order valence-electron chi connectivity index (χ0n) is 13.9. The molecule has 2 aromatic carbocycles. The Balaban J connectivity index is 1.78. The Labute approximate surface area is 144 Å². The highest BCUT2D eigenvalue weighted by atomic mass is 32.2. The van der Waals surface area contributed by atoms with E-state index in [-0.39, 0.29) is 6.10 Å². The summed E-state index contributed by atoms with van der Waals surface area (Å²) in [5, 5.41) is 0. The van der Waals surface area contributed by atoms with Crippen LogP contribution >= 0.6 is 0 Å². The third-order valence-corrected chi connectivity index (χ3v) is 6.18. The molecule has 1 aliphatic rings. The predicted octanol–water partition coefficient (Wildman–Crippen LogP) is 3.40. The van der Waals surface area contributed by atoms with Crippen molar-refractivity contribution < 1.29 is 13.2 Å². The Morgan fingerprint density at radius 2 is 1.79 bits per heavy atom. The second-order valence-electron chi connectivity index (χ2n) is 6.03. The van der Waals surface area contributed by atoms with E-state index in [1.54, 1.807) is 12.1 Å². The van der Waals surface area contributed by atoms with Gasteiger partial charge in [-0.25, -0.2) is 8.42 Å². The largest absolute Gasteiger partial charge is 0.371 e. The number of morpholine rings is 1.